The van der Waals surface area contributed by atoms with Crippen molar-refractivity contribution in [2.45, 2.75) is 18.2 Å². The molecule has 0 N–H and O–H groups in total. The Morgan fingerprint density at radius 3 is 2.57 bits per heavy atom. The standard InChI is InChI=1S/C15H13Br2NO2S/c1-10-8-13(17)15(9-12(10)16)21(19,20)18-7-6-11-4-2-3-5-14(11)18/h2-5,8-9H,6-7H2,1H3. The van der Waals surface area contributed by atoms with E-state index in [1.165, 1.54) is 4.31 Å². The normalized spacial score (nSPS) is 14.3. The quantitative estimate of drug-likeness (QED) is 0.713. The van der Waals surface area contributed by atoms with E-state index in [2.05, 4.69) is 31.9 Å². The second kappa shape index (κ2) is 5.41. The van der Waals surface area contributed by atoms with Crippen LogP contribution in [0, 0.1) is 6.92 Å². The molecule has 0 fully saturated rings. The molecule has 110 valence electrons. The fraction of sp³-hybridized carbons (Fsp3) is 0.200. The molecule has 0 spiro atoms. The smallest absolute Gasteiger partial charge is 0.265 e. The third-order valence-corrected chi connectivity index (χ3v) is 7.25. The highest BCUT2D eigenvalue weighted by atomic mass is 79.9. The number of nitrogens with zero attached hydrogens (tertiary/aromatic N) is 1. The number of hydrogen-bond donors (Lipinski definition) is 0. The van der Waals surface area contributed by atoms with Crippen LogP contribution in [0.25, 0.3) is 0 Å². The van der Waals surface area contributed by atoms with Gasteiger partial charge in [0.1, 0.15) is 4.90 Å². The van der Waals surface area contributed by atoms with E-state index in [4.69, 9.17) is 0 Å². The summed E-state index contributed by atoms with van der Waals surface area (Å²) in [7, 11) is -3.57. The Labute approximate surface area is 141 Å². The molecule has 3 nitrogen and oxygen atoms in total. The summed E-state index contributed by atoms with van der Waals surface area (Å²) in [5, 5.41) is 0. The highest BCUT2D eigenvalue weighted by Crippen LogP contribution is 2.36. The van der Waals surface area contributed by atoms with Crippen LogP contribution in [0.5, 0.6) is 0 Å². The van der Waals surface area contributed by atoms with Crippen molar-refractivity contribution in [3.63, 3.8) is 0 Å². The highest BCUT2D eigenvalue weighted by Gasteiger charge is 2.32. The van der Waals surface area contributed by atoms with Gasteiger partial charge in [-0.2, -0.15) is 0 Å². The summed E-state index contributed by atoms with van der Waals surface area (Å²) in [5.74, 6) is 0. The van der Waals surface area contributed by atoms with Gasteiger partial charge in [0.05, 0.1) is 5.69 Å². The van der Waals surface area contributed by atoms with E-state index in [0.717, 1.165) is 27.7 Å². The van der Waals surface area contributed by atoms with Crippen LogP contribution >= 0.6 is 31.9 Å². The van der Waals surface area contributed by atoms with Gasteiger partial charge in [-0.3, -0.25) is 4.31 Å². The van der Waals surface area contributed by atoms with Gasteiger partial charge < -0.3 is 0 Å². The predicted octanol–water partition coefficient (Wildman–Crippen LogP) is 4.27. The molecule has 0 bridgehead atoms. The molecular weight excluding hydrogens is 418 g/mol. The second-order valence-electron chi connectivity index (χ2n) is 4.99. The number of fused-ring (bicyclic) bond motifs is 1. The fourth-order valence-corrected chi connectivity index (χ4v) is 5.65. The molecule has 0 radical (unpaired) electrons. The maximum atomic E-state index is 13.0. The first-order chi connectivity index (χ1) is 9.91. The molecule has 1 aliphatic rings. The van der Waals surface area contributed by atoms with Gasteiger partial charge in [-0.15, -0.1) is 0 Å². The Hall–Kier alpha value is -0.850. The minimum atomic E-state index is -3.57. The van der Waals surface area contributed by atoms with Crippen molar-refractivity contribution in [1.82, 2.24) is 0 Å². The lowest BCUT2D eigenvalue weighted by molar-refractivity contribution is 0.591. The summed E-state index contributed by atoms with van der Waals surface area (Å²) in [6, 6.07) is 11.1. The first kappa shape index (κ1) is 15.1. The SMILES string of the molecule is Cc1cc(Br)c(S(=O)(=O)N2CCc3ccccc32)cc1Br. The minimum Gasteiger partial charge on any atom is -0.266 e. The van der Waals surface area contributed by atoms with Crippen LogP contribution < -0.4 is 4.31 Å². The molecule has 0 saturated heterocycles. The molecule has 0 amide bonds. The fourth-order valence-electron chi connectivity index (χ4n) is 2.50. The zero-order chi connectivity index (χ0) is 15.2. The minimum absolute atomic E-state index is 0.289. The van der Waals surface area contributed by atoms with E-state index in [-0.39, 0.29) is 4.90 Å². The van der Waals surface area contributed by atoms with E-state index in [9.17, 15) is 8.42 Å². The number of benzene rings is 2. The zero-order valence-corrected chi connectivity index (χ0v) is 15.3. The largest absolute Gasteiger partial charge is 0.266 e. The van der Waals surface area contributed by atoms with E-state index in [0.29, 0.717) is 11.0 Å². The lowest BCUT2D eigenvalue weighted by atomic mass is 10.2. The van der Waals surface area contributed by atoms with Crippen molar-refractivity contribution in [2.24, 2.45) is 0 Å². The molecule has 0 atom stereocenters. The highest BCUT2D eigenvalue weighted by molar-refractivity contribution is 9.11. The number of anilines is 1. The van der Waals surface area contributed by atoms with Crippen LogP contribution in [-0.2, 0) is 16.4 Å². The monoisotopic (exact) mass is 429 g/mol. The van der Waals surface area contributed by atoms with Crippen LogP contribution in [0.4, 0.5) is 5.69 Å². The van der Waals surface area contributed by atoms with Crippen molar-refractivity contribution >= 4 is 47.6 Å². The molecule has 0 saturated carbocycles. The van der Waals surface area contributed by atoms with E-state index in [1.807, 2.05) is 37.3 Å². The third-order valence-electron chi connectivity index (χ3n) is 3.63. The Morgan fingerprint density at radius 2 is 1.81 bits per heavy atom. The van der Waals surface area contributed by atoms with Crippen LogP contribution in [0.2, 0.25) is 0 Å². The van der Waals surface area contributed by atoms with Gasteiger partial charge in [0, 0.05) is 15.5 Å². The molecule has 21 heavy (non-hydrogen) atoms. The second-order valence-corrected chi connectivity index (χ2v) is 8.53. The first-order valence-corrected chi connectivity index (χ1v) is 9.50. The predicted molar refractivity (Wildman–Crippen MR) is 91.3 cm³/mol. The number of hydrogen-bond acceptors (Lipinski definition) is 2. The van der Waals surface area contributed by atoms with Crippen LogP contribution in [0.1, 0.15) is 11.1 Å². The molecule has 0 unspecified atom stereocenters. The Morgan fingerprint density at radius 1 is 1.10 bits per heavy atom. The van der Waals surface area contributed by atoms with Gasteiger partial charge in [-0.05, 0) is 58.6 Å². The molecule has 2 aromatic carbocycles. The zero-order valence-electron chi connectivity index (χ0n) is 11.3. The van der Waals surface area contributed by atoms with Crippen molar-refractivity contribution in [2.75, 3.05) is 10.8 Å². The van der Waals surface area contributed by atoms with Crippen molar-refractivity contribution in [3.05, 3.63) is 56.5 Å². The molecule has 0 aromatic heterocycles. The number of aryl methyl sites for hydroxylation is 1. The van der Waals surface area contributed by atoms with Crippen LogP contribution in [0.15, 0.2) is 50.2 Å². The molecular formula is C15H13Br2NO2S. The summed E-state index contributed by atoms with van der Waals surface area (Å²) in [4.78, 5) is 0.289. The number of sulfonamides is 1. The van der Waals surface area contributed by atoms with Gasteiger partial charge in [0.15, 0.2) is 0 Å². The number of halogens is 2. The Kier molecular flexibility index (Phi) is 3.88. The van der Waals surface area contributed by atoms with Gasteiger partial charge in [0.2, 0.25) is 0 Å². The molecule has 0 aliphatic carbocycles. The van der Waals surface area contributed by atoms with Gasteiger partial charge in [-0.25, -0.2) is 8.42 Å². The summed E-state index contributed by atoms with van der Waals surface area (Å²) < 4.78 is 28.8. The molecule has 1 aliphatic heterocycles. The van der Waals surface area contributed by atoms with Crippen molar-refractivity contribution in [3.8, 4) is 0 Å². The third kappa shape index (κ3) is 2.53. The van der Waals surface area contributed by atoms with Crippen molar-refractivity contribution < 1.29 is 8.42 Å². The van der Waals surface area contributed by atoms with Crippen LogP contribution in [0.3, 0.4) is 0 Å². The van der Waals surface area contributed by atoms with Gasteiger partial charge in [-0.1, -0.05) is 34.1 Å². The van der Waals surface area contributed by atoms with E-state index in [1.54, 1.807) is 6.07 Å². The average molecular weight is 431 g/mol. The first-order valence-electron chi connectivity index (χ1n) is 6.47. The lowest BCUT2D eigenvalue weighted by Crippen LogP contribution is -2.29. The van der Waals surface area contributed by atoms with Gasteiger partial charge >= 0.3 is 0 Å². The summed E-state index contributed by atoms with van der Waals surface area (Å²) >= 11 is 6.79. The van der Waals surface area contributed by atoms with Gasteiger partial charge in [0.25, 0.3) is 10.0 Å². The molecule has 1 heterocycles. The Bertz CT molecular complexity index is 818. The van der Waals surface area contributed by atoms with Crippen LogP contribution in [-0.4, -0.2) is 15.0 Å². The van der Waals surface area contributed by atoms with Crippen molar-refractivity contribution in [1.29, 1.82) is 0 Å². The average Bonchev–Trinajstić information content (AvgIpc) is 2.87. The molecule has 2 aromatic rings. The summed E-state index contributed by atoms with van der Waals surface area (Å²) in [6.45, 7) is 2.41. The Balaban J connectivity index is 2.13. The van der Waals surface area contributed by atoms with E-state index >= 15 is 0 Å². The topological polar surface area (TPSA) is 37.4 Å². The van der Waals surface area contributed by atoms with E-state index < -0.39 is 10.0 Å². The number of rotatable bonds is 2. The molecule has 3 rings (SSSR count). The number of para-hydroxylation sites is 1. The maximum absolute atomic E-state index is 13.0. The summed E-state index contributed by atoms with van der Waals surface area (Å²) in [6.07, 6.45) is 0.750. The lowest BCUT2D eigenvalue weighted by Gasteiger charge is -2.21. The summed E-state index contributed by atoms with van der Waals surface area (Å²) in [5.41, 5.74) is 2.84. The molecule has 6 heteroatoms. The maximum Gasteiger partial charge on any atom is 0.265 e.